The molecule has 1 amide bonds. The van der Waals surface area contributed by atoms with Crippen LogP contribution in [0.1, 0.15) is 42.6 Å². The summed E-state index contributed by atoms with van der Waals surface area (Å²) in [6, 6.07) is 0. The molecule has 24 heavy (non-hydrogen) atoms. The van der Waals surface area contributed by atoms with Gasteiger partial charge in [-0.3, -0.25) is 9.69 Å². The number of esters is 1. The van der Waals surface area contributed by atoms with E-state index >= 15 is 0 Å². The second-order valence-corrected chi connectivity index (χ2v) is 6.63. The van der Waals surface area contributed by atoms with Crippen LogP contribution in [0.5, 0.6) is 0 Å². The van der Waals surface area contributed by atoms with Gasteiger partial charge in [0.05, 0.1) is 20.0 Å². The molecule has 0 bridgehead atoms. The van der Waals surface area contributed by atoms with E-state index in [2.05, 4.69) is 19.9 Å². The number of aromatic nitrogens is 3. The molecule has 1 aliphatic heterocycles. The first-order valence-electron chi connectivity index (χ1n) is 8.64. The lowest BCUT2D eigenvalue weighted by Crippen LogP contribution is -2.49. The Bertz CT molecular complexity index is 574. The normalized spacial score (nSPS) is 19.6. The van der Waals surface area contributed by atoms with Crippen LogP contribution in [0.3, 0.4) is 0 Å². The molecule has 0 unspecified atom stereocenters. The monoisotopic (exact) mass is 335 g/mol. The maximum Gasteiger partial charge on any atom is 0.360 e. The third-order valence-electron chi connectivity index (χ3n) is 4.94. The van der Waals surface area contributed by atoms with Crippen molar-refractivity contribution in [3.05, 3.63) is 11.9 Å². The van der Waals surface area contributed by atoms with E-state index in [1.807, 2.05) is 4.90 Å². The number of nitrogens with zero attached hydrogens (tertiary/aromatic N) is 5. The summed E-state index contributed by atoms with van der Waals surface area (Å²) in [6.07, 6.45) is 7.27. The summed E-state index contributed by atoms with van der Waals surface area (Å²) in [6.45, 7) is 3.69. The number of methoxy groups -OCH3 is 1. The van der Waals surface area contributed by atoms with Crippen LogP contribution in [0.2, 0.25) is 0 Å². The minimum Gasteiger partial charge on any atom is -0.464 e. The number of carbonyl (C=O) groups is 2. The molecule has 8 nitrogen and oxygen atoms in total. The summed E-state index contributed by atoms with van der Waals surface area (Å²) in [7, 11) is 1.32. The lowest BCUT2D eigenvalue weighted by molar-refractivity contribution is -0.134. The van der Waals surface area contributed by atoms with E-state index in [0.717, 1.165) is 26.2 Å². The molecule has 1 aliphatic carbocycles. The molecular weight excluding hydrogens is 310 g/mol. The first-order chi connectivity index (χ1) is 11.7. The van der Waals surface area contributed by atoms with Crippen molar-refractivity contribution in [2.75, 3.05) is 33.3 Å². The van der Waals surface area contributed by atoms with Crippen molar-refractivity contribution in [3.63, 3.8) is 0 Å². The molecule has 0 aromatic carbocycles. The zero-order valence-electron chi connectivity index (χ0n) is 14.2. The van der Waals surface area contributed by atoms with Crippen molar-refractivity contribution in [2.45, 2.75) is 38.8 Å². The first kappa shape index (κ1) is 16.9. The van der Waals surface area contributed by atoms with Gasteiger partial charge in [0.25, 0.3) is 0 Å². The maximum atomic E-state index is 12.4. The van der Waals surface area contributed by atoms with Gasteiger partial charge in [-0.05, 0) is 18.8 Å². The van der Waals surface area contributed by atoms with Gasteiger partial charge in [0, 0.05) is 32.6 Å². The molecule has 132 valence electrons. The van der Waals surface area contributed by atoms with Crippen LogP contribution in [-0.4, -0.2) is 70.0 Å². The Morgan fingerprint density at radius 3 is 2.58 bits per heavy atom. The van der Waals surface area contributed by atoms with Crippen LogP contribution in [0.4, 0.5) is 0 Å². The average Bonchev–Trinajstić information content (AvgIpc) is 3.27. The van der Waals surface area contributed by atoms with Gasteiger partial charge in [0.1, 0.15) is 0 Å². The van der Waals surface area contributed by atoms with Gasteiger partial charge in [-0.15, -0.1) is 5.10 Å². The molecule has 0 atom stereocenters. The van der Waals surface area contributed by atoms with Gasteiger partial charge >= 0.3 is 5.97 Å². The van der Waals surface area contributed by atoms with E-state index < -0.39 is 5.97 Å². The highest BCUT2D eigenvalue weighted by Crippen LogP contribution is 2.28. The minimum absolute atomic E-state index is 0.211. The summed E-state index contributed by atoms with van der Waals surface area (Å²) in [5, 5.41) is 7.75. The number of piperazine rings is 1. The Morgan fingerprint density at radius 2 is 1.92 bits per heavy atom. The van der Waals surface area contributed by atoms with E-state index in [9.17, 15) is 9.59 Å². The van der Waals surface area contributed by atoms with E-state index in [4.69, 9.17) is 0 Å². The van der Waals surface area contributed by atoms with Crippen molar-refractivity contribution < 1.29 is 14.3 Å². The van der Waals surface area contributed by atoms with Crippen molar-refractivity contribution >= 4 is 11.9 Å². The first-order valence-corrected chi connectivity index (χ1v) is 8.64. The Morgan fingerprint density at radius 1 is 1.21 bits per heavy atom. The highest BCUT2D eigenvalue weighted by Gasteiger charge is 2.25. The molecule has 2 heterocycles. The van der Waals surface area contributed by atoms with Crippen LogP contribution in [0, 0.1) is 5.92 Å². The highest BCUT2D eigenvalue weighted by molar-refractivity contribution is 5.86. The predicted molar refractivity (Wildman–Crippen MR) is 86.1 cm³/mol. The van der Waals surface area contributed by atoms with Gasteiger partial charge in [-0.2, -0.15) is 0 Å². The van der Waals surface area contributed by atoms with Crippen molar-refractivity contribution in [3.8, 4) is 0 Å². The van der Waals surface area contributed by atoms with Gasteiger partial charge in [0.15, 0.2) is 5.69 Å². The van der Waals surface area contributed by atoms with Gasteiger partial charge in [-0.1, -0.05) is 18.1 Å². The second kappa shape index (κ2) is 7.74. The SMILES string of the molecule is COC(=O)c1cn(CN2CCN(C(=O)CC3CCCC3)CC2)nn1. The fourth-order valence-electron chi connectivity index (χ4n) is 3.50. The number of hydrogen-bond donors (Lipinski definition) is 0. The molecule has 1 saturated carbocycles. The molecule has 0 N–H and O–H groups in total. The Labute approximate surface area is 141 Å². The standard InChI is InChI=1S/C16H25N5O3/c1-24-16(23)14-11-21(18-17-14)12-19-6-8-20(9-7-19)15(22)10-13-4-2-3-5-13/h11,13H,2-10,12H2,1H3. The zero-order chi connectivity index (χ0) is 16.9. The summed E-state index contributed by atoms with van der Waals surface area (Å²) in [5.41, 5.74) is 0.211. The predicted octanol–water partition coefficient (Wildman–Crippen LogP) is 0.747. The van der Waals surface area contributed by atoms with Gasteiger partial charge < -0.3 is 9.64 Å². The number of carbonyl (C=O) groups excluding carboxylic acids is 2. The third kappa shape index (κ3) is 4.11. The summed E-state index contributed by atoms with van der Waals surface area (Å²) in [4.78, 5) is 27.9. The van der Waals surface area contributed by atoms with Crippen LogP contribution >= 0.6 is 0 Å². The Hall–Kier alpha value is -1.96. The summed E-state index contributed by atoms with van der Waals surface area (Å²) in [5.74, 6) is 0.418. The molecule has 1 saturated heterocycles. The van der Waals surface area contributed by atoms with E-state index in [1.165, 1.54) is 32.8 Å². The molecule has 8 heteroatoms. The quantitative estimate of drug-likeness (QED) is 0.739. The van der Waals surface area contributed by atoms with Crippen LogP contribution < -0.4 is 0 Å². The third-order valence-corrected chi connectivity index (χ3v) is 4.94. The topological polar surface area (TPSA) is 80.6 Å². The zero-order valence-corrected chi connectivity index (χ0v) is 14.2. The molecule has 2 aliphatic rings. The molecule has 3 rings (SSSR count). The molecule has 0 radical (unpaired) electrons. The van der Waals surface area contributed by atoms with E-state index in [-0.39, 0.29) is 5.69 Å². The fourth-order valence-corrected chi connectivity index (χ4v) is 3.50. The van der Waals surface area contributed by atoms with Crippen LogP contribution in [-0.2, 0) is 16.2 Å². The number of amides is 1. The lowest BCUT2D eigenvalue weighted by atomic mass is 10.0. The van der Waals surface area contributed by atoms with Gasteiger partial charge in [0.2, 0.25) is 5.91 Å². The molecule has 1 aromatic rings. The Balaban J connectivity index is 1.44. The van der Waals surface area contributed by atoms with E-state index in [1.54, 1.807) is 10.9 Å². The second-order valence-electron chi connectivity index (χ2n) is 6.63. The lowest BCUT2D eigenvalue weighted by Gasteiger charge is -2.34. The number of ether oxygens (including phenoxy) is 1. The molecule has 2 fully saturated rings. The van der Waals surface area contributed by atoms with Crippen molar-refractivity contribution in [2.24, 2.45) is 5.92 Å². The smallest absolute Gasteiger partial charge is 0.360 e. The summed E-state index contributed by atoms with van der Waals surface area (Å²) >= 11 is 0. The van der Waals surface area contributed by atoms with Crippen LogP contribution in [0.15, 0.2) is 6.20 Å². The molecular formula is C16H25N5O3. The largest absolute Gasteiger partial charge is 0.464 e. The van der Waals surface area contributed by atoms with E-state index in [0.29, 0.717) is 24.9 Å². The minimum atomic E-state index is -0.483. The number of hydrogen-bond acceptors (Lipinski definition) is 6. The van der Waals surface area contributed by atoms with Crippen molar-refractivity contribution in [1.29, 1.82) is 0 Å². The maximum absolute atomic E-state index is 12.4. The van der Waals surface area contributed by atoms with Gasteiger partial charge in [-0.25, -0.2) is 9.48 Å². The molecule has 0 spiro atoms. The fraction of sp³-hybridized carbons (Fsp3) is 0.750. The van der Waals surface area contributed by atoms with Crippen molar-refractivity contribution in [1.82, 2.24) is 24.8 Å². The molecule has 1 aromatic heterocycles. The average molecular weight is 335 g/mol. The van der Waals surface area contributed by atoms with Crippen LogP contribution in [0.25, 0.3) is 0 Å². The summed E-state index contributed by atoms with van der Waals surface area (Å²) < 4.78 is 6.25. The highest BCUT2D eigenvalue weighted by atomic mass is 16.5. The Kier molecular flexibility index (Phi) is 5.44. The number of rotatable bonds is 5.